The van der Waals surface area contributed by atoms with Crippen LogP contribution in [0.1, 0.15) is 62.5 Å². The van der Waals surface area contributed by atoms with Crippen LogP contribution in [0.5, 0.6) is 5.75 Å². The Hall–Kier alpha value is -4.51. The van der Waals surface area contributed by atoms with E-state index < -0.39 is 0 Å². The Morgan fingerprint density at radius 1 is 0.825 bits per heavy atom. The van der Waals surface area contributed by atoms with Gasteiger partial charge in [0.05, 0.1) is 22.9 Å². The standard InChI is InChI=1S/C35H34N2O3/c1-6-35(4,5)27-17-11-24(12-18-27)32-30-9-7-8-10-31(30)34(39)37(36-32)28-19-13-25(14-20-28)33(38)26-15-21-29(22-16-26)40-23(2)3/h7-23H,6H2,1-5H3. The van der Waals surface area contributed by atoms with Gasteiger partial charge < -0.3 is 4.74 Å². The Morgan fingerprint density at radius 2 is 1.40 bits per heavy atom. The molecule has 0 radical (unpaired) electrons. The Morgan fingerprint density at radius 3 is 1.98 bits per heavy atom. The van der Waals surface area contributed by atoms with Gasteiger partial charge in [0.15, 0.2) is 5.78 Å². The predicted octanol–water partition coefficient (Wildman–Crippen LogP) is 7.76. The van der Waals surface area contributed by atoms with E-state index in [9.17, 15) is 9.59 Å². The molecule has 40 heavy (non-hydrogen) atoms. The molecule has 0 aliphatic rings. The average Bonchev–Trinajstić information content (AvgIpc) is 2.97. The van der Waals surface area contributed by atoms with Crippen molar-refractivity contribution in [1.29, 1.82) is 0 Å². The highest BCUT2D eigenvalue weighted by Gasteiger charge is 2.19. The molecule has 1 heterocycles. The molecule has 0 spiro atoms. The summed E-state index contributed by atoms with van der Waals surface area (Å²) in [6.07, 6.45) is 1.10. The zero-order valence-electron chi connectivity index (χ0n) is 23.6. The fourth-order valence-corrected chi connectivity index (χ4v) is 4.74. The molecule has 0 unspecified atom stereocenters. The second-order valence-electron chi connectivity index (χ2n) is 11.0. The summed E-state index contributed by atoms with van der Waals surface area (Å²) in [5, 5.41) is 6.22. The molecule has 0 N–H and O–H groups in total. The van der Waals surface area contributed by atoms with Crippen molar-refractivity contribution in [2.45, 2.75) is 52.6 Å². The predicted molar refractivity (Wildman–Crippen MR) is 162 cm³/mol. The van der Waals surface area contributed by atoms with Crippen LogP contribution < -0.4 is 10.3 Å². The molecule has 5 rings (SSSR count). The van der Waals surface area contributed by atoms with Crippen LogP contribution in [-0.4, -0.2) is 21.7 Å². The number of hydrogen-bond donors (Lipinski definition) is 0. The van der Waals surface area contributed by atoms with E-state index >= 15 is 0 Å². The first-order valence-electron chi connectivity index (χ1n) is 13.7. The van der Waals surface area contributed by atoms with Crippen LogP contribution in [-0.2, 0) is 5.41 Å². The highest BCUT2D eigenvalue weighted by molar-refractivity contribution is 6.09. The summed E-state index contributed by atoms with van der Waals surface area (Å²) in [4.78, 5) is 26.6. The topological polar surface area (TPSA) is 61.2 Å². The Bertz CT molecular complexity index is 1710. The van der Waals surface area contributed by atoms with E-state index in [1.165, 1.54) is 10.2 Å². The summed E-state index contributed by atoms with van der Waals surface area (Å²) in [6, 6.07) is 30.2. The number of ketones is 1. The van der Waals surface area contributed by atoms with Gasteiger partial charge >= 0.3 is 0 Å². The second kappa shape index (κ2) is 10.9. The third kappa shape index (κ3) is 5.32. The van der Waals surface area contributed by atoms with Gasteiger partial charge in [-0.25, -0.2) is 0 Å². The lowest BCUT2D eigenvalue weighted by atomic mass is 9.82. The molecule has 0 aliphatic carbocycles. The van der Waals surface area contributed by atoms with Gasteiger partial charge in [-0.05, 0) is 85.8 Å². The molecule has 5 heteroatoms. The van der Waals surface area contributed by atoms with Crippen molar-refractivity contribution in [2.75, 3.05) is 0 Å². The van der Waals surface area contributed by atoms with Gasteiger partial charge in [0.1, 0.15) is 5.75 Å². The van der Waals surface area contributed by atoms with Crippen molar-refractivity contribution < 1.29 is 9.53 Å². The lowest BCUT2D eigenvalue weighted by Crippen LogP contribution is -2.22. The van der Waals surface area contributed by atoms with Gasteiger partial charge in [-0.1, -0.05) is 63.2 Å². The molecular formula is C35H34N2O3. The molecule has 0 saturated carbocycles. The zero-order valence-corrected chi connectivity index (χ0v) is 23.6. The third-order valence-electron chi connectivity index (χ3n) is 7.49. The van der Waals surface area contributed by atoms with E-state index in [4.69, 9.17) is 9.84 Å². The first kappa shape index (κ1) is 27.1. The Labute approximate surface area is 235 Å². The molecule has 0 saturated heterocycles. The number of fused-ring (bicyclic) bond motifs is 1. The monoisotopic (exact) mass is 530 g/mol. The van der Waals surface area contributed by atoms with Crippen LogP contribution in [0.2, 0.25) is 0 Å². The fraction of sp³-hybridized carbons (Fsp3) is 0.229. The summed E-state index contributed by atoms with van der Waals surface area (Å²) in [5.74, 6) is 0.625. The number of rotatable bonds is 8. The summed E-state index contributed by atoms with van der Waals surface area (Å²) in [6.45, 7) is 10.6. The molecule has 202 valence electrons. The highest BCUT2D eigenvalue weighted by atomic mass is 16.5. The maximum atomic E-state index is 13.5. The van der Waals surface area contributed by atoms with E-state index in [2.05, 4.69) is 45.0 Å². The number of carbonyl (C=O) groups excluding carboxylic acids is 1. The van der Waals surface area contributed by atoms with Gasteiger partial charge in [0, 0.05) is 22.1 Å². The molecule has 5 aromatic rings. The third-order valence-corrected chi connectivity index (χ3v) is 7.49. The van der Waals surface area contributed by atoms with Crippen molar-refractivity contribution in [2.24, 2.45) is 0 Å². The average molecular weight is 531 g/mol. The molecule has 5 nitrogen and oxygen atoms in total. The second-order valence-corrected chi connectivity index (χ2v) is 11.0. The van der Waals surface area contributed by atoms with Crippen molar-refractivity contribution in [3.63, 3.8) is 0 Å². The van der Waals surface area contributed by atoms with E-state index in [-0.39, 0.29) is 22.9 Å². The molecule has 0 fully saturated rings. The number of ether oxygens (including phenoxy) is 1. The highest BCUT2D eigenvalue weighted by Crippen LogP contribution is 2.31. The minimum Gasteiger partial charge on any atom is -0.491 e. The van der Waals surface area contributed by atoms with Crippen LogP contribution in [0, 0.1) is 0 Å². The largest absolute Gasteiger partial charge is 0.491 e. The van der Waals surface area contributed by atoms with Crippen molar-refractivity contribution in [3.05, 3.63) is 124 Å². The minimum absolute atomic E-state index is 0.0642. The summed E-state index contributed by atoms with van der Waals surface area (Å²) >= 11 is 0. The molecule has 4 aromatic carbocycles. The van der Waals surface area contributed by atoms with Crippen LogP contribution in [0.25, 0.3) is 27.7 Å². The quantitative estimate of drug-likeness (QED) is 0.192. The maximum Gasteiger partial charge on any atom is 0.279 e. The molecule has 1 aromatic heterocycles. The number of aromatic nitrogens is 2. The lowest BCUT2D eigenvalue weighted by molar-refractivity contribution is 0.103. The van der Waals surface area contributed by atoms with Crippen molar-refractivity contribution in [1.82, 2.24) is 9.78 Å². The van der Waals surface area contributed by atoms with Crippen molar-refractivity contribution >= 4 is 16.6 Å². The summed E-state index contributed by atoms with van der Waals surface area (Å²) < 4.78 is 7.10. The number of carbonyl (C=O) groups is 1. The van der Waals surface area contributed by atoms with Crippen LogP contribution in [0.4, 0.5) is 0 Å². The number of nitrogens with zero attached hydrogens (tertiary/aromatic N) is 2. The summed E-state index contributed by atoms with van der Waals surface area (Å²) in [7, 11) is 0. The SMILES string of the molecule is CCC(C)(C)c1ccc(-c2nn(-c3ccc(C(=O)c4ccc(OC(C)C)cc4)cc3)c(=O)c3ccccc23)cc1. The van der Waals surface area contributed by atoms with E-state index in [0.29, 0.717) is 22.2 Å². The molecular weight excluding hydrogens is 496 g/mol. The summed E-state index contributed by atoms with van der Waals surface area (Å²) in [5.41, 5.74) is 4.51. The molecule has 0 amide bonds. The molecule has 0 aliphatic heterocycles. The van der Waals surface area contributed by atoms with Gasteiger partial charge in [-0.15, -0.1) is 0 Å². The minimum atomic E-state index is -0.206. The van der Waals surface area contributed by atoms with Gasteiger partial charge in [0.25, 0.3) is 5.56 Å². The van der Waals surface area contributed by atoms with Gasteiger partial charge in [-0.2, -0.15) is 9.78 Å². The van der Waals surface area contributed by atoms with E-state index in [1.54, 1.807) is 48.5 Å². The van der Waals surface area contributed by atoms with Crippen LogP contribution in [0.15, 0.2) is 102 Å². The van der Waals surface area contributed by atoms with E-state index in [0.717, 1.165) is 28.8 Å². The Kier molecular flexibility index (Phi) is 7.40. The van der Waals surface area contributed by atoms with E-state index in [1.807, 2.05) is 38.1 Å². The maximum absolute atomic E-state index is 13.5. The van der Waals surface area contributed by atoms with Crippen LogP contribution >= 0.6 is 0 Å². The first-order valence-corrected chi connectivity index (χ1v) is 13.7. The lowest BCUT2D eigenvalue weighted by Gasteiger charge is -2.23. The fourth-order valence-electron chi connectivity index (χ4n) is 4.74. The smallest absolute Gasteiger partial charge is 0.279 e. The molecule has 0 atom stereocenters. The Balaban J connectivity index is 1.51. The number of benzene rings is 4. The van der Waals surface area contributed by atoms with Crippen molar-refractivity contribution in [3.8, 4) is 22.7 Å². The van der Waals surface area contributed by atoms with Gasteiger partial charge in [0.2, 0.25) is 0 Å². The number of hydrogen-bond acceptors (Lipinski definition) is 4. The molecule has 0 bridgehead atoms. The van der Waals surface area contributed by atoms with Gasteiger partial charge in [-0.3, -0.25) is 9.59 Å². The first-order chi connectivity index (χ1) is 19.2. The normalized spacial score (nSPS) is 11.7. The zero-order chi connectivity index (χ0) is 28.4. The van der Waals surface area contributed by atoms with Crippen LogP contribution in [0.3, 0.4) is 0 Å².